The number of nitrogens with two attached hydrogens (primary N) is 1. The fourth-order valence-electron chi connectivity index (χ4n) is 3.88. The molecule has 0 spiro atoms. The number of rotatable bonds is 16. The van der Waals surface area contributed by atoms with Crippen LogP contribution in [0.15, 0.2) is 24.3 Å². The van der Waals surface area contributed by atoms with Gasteiger partial charge in [-0.1, -0.05) is 115 Å². The summed E-state index contributed by atoms with van der Waals surface area (Å²) in [7, 11) is 0. The molecule has 0 atom stereocenters. The molecule has 0 heterocycles. The minimum atomic E-state index is -0.230. The first-order valence-electron chi connectivity index (χ1n) is 11.4. The third-order valence-electron chi connectivity index (χ3n) is 5.51. The lowest BCUT2D eigenvalue weighted by Gasteiger charge is -2.23. The Kier molecular flexibility index (Phi) is 16.4. The molecule has 1 aromatic rings. The van der Waals surface area contributed by atoms with E-state index in [-0.39, 0.29) is 22.5 Å². The Morgan fingerprint density at radius 1 is 0.667 bits per heavy atom. The van der Waals surface area contributed by atoms with E-state index < -0.39 is 0 Å². The van der Waals surface area contributed by atoms with Gasteiger partial charge in [0.05, 0.1) is 0 Å². The van der Waals surface area contributed by atoms with Crippen LogP contribution in [-0.4, -0.2) is 0 Å². The molecule has 0 saturated carbocycles. The van der Waals surface area contributed by atoms with E-state index in [1.54, 1.807) is 0 Å². The Hall–Kier alpha value is -0.340. The lowest BCUT2D eigenvalue weighted by molar-refractivity contribution is 0.531. The van der Waals surface area contributed by atoms with Crippen molar-refractivity contribution in [3.63, 3.8) is 0 Å². The maximum Gasteiger partial charge on any atom is 0.0355 e. The van der Waals surface area contributed by atoms with Crippen LogP contribution in [0.3, 0.4) is 0 Å². The number of halogens is 1. The summed E-state index contributed by atoms with van der Waals surface area (Å²) in [5.41, 5.74) is 8.84. The van der Waals surface area contributed by atoms with Crippen molar-refractivity contribution in [1.82, 2.24) is 0 Å². The van der Waals surface area contributed by atoms with Gasteiger partial charge in [-0.2, -0.15) is 0 Å². The van der Waals surface area contributed by atoms with E-state index >= 15 is 0 Å². The van der Waals surface area contributed by atoms with Crippen molar-refractivity contribution >= 4 is 17.0 Å². The van der Waals surface area contributed by atoms with Crippen LogP contribution in [-0.2, 0) is 12.0 Å². The molecule has 0 aliphatic rings. The number of benzene rings is 1. The van der Waals surface area contributed by atoms with Crippen molar-refractivity contribution in [3.05, 3.63) is 35.4 Å². The predicted molar refractivity (Wildman–Crippen MR) is 128 cm³/mol. The fraction of sp³-hybridized carbons (Fsp3) is 0.760. The van der Waals surface area contributed by atoms with Gasteiger partial charge in [0, 0.05) is 5.54 Å². The lowest BCUT2D eigenvalue weighted by atomic mass is 9.89. The van der Waals surface area contributed by atoms with Gasteiger partial charge in [-0.05, 0) is 37.8 Å². The largest absolute Gasteiger partial charge is 0.322 e. The van der Waals surface area contributed by atoms with Crippen molar-refractivity contribution in [2.45, 2.75) is 123 Å². The SMILES string of the molecule is Br.CCCCCCCCCCCCCCCCc1ccccc1C(C)(C)N. The van der Waals surface area contributed by atoms with E-state index in [2.05, 4.69) is 45.0 Å². The molecule has 0 bridgehead atoms. The van der Waals surface area contributed by atoms with Crippen LogP contribution < -0.4 is 5.73 Å². The van der Waals surface area contributed by atoms with Crippen LogP contribution in [0.2, 0.25) is 0 Å². The lowest BCUT2D eigenvalue weighted by Crippen LogP contribution is -2.30. The molecule has 0 radical (unpaired) electrons. The van der Waals surface area contributed by atoms with Gasteiger partial charge < -0.3 is 5.73 Å². The molecular formula is C25H46BrN. The molecule has 0 fully saturated rings. The van der Waals surface area contributed by atoms with Crippen LogP contribution >= 0.6 is 17.0 Å². The summed E-state index contributed by atoms with van der Waals surface area (Å²) in [6, 6.07) is 8.71. The summed E-state index contributed by atoms with van der Waals surface area (Å²) >= 11 is 0. The maximum absolute atomic E-state index is 6.31. The summed E-state index contributed by atoms with van der Waals surface area (Å²) in [6.07, 6.45) is 21.0. The van der Waals surface area contributed by atoms with Gasteiger partial charge in [-0.3, -0.25) is 0 Å². The third kappa shape index (κ3) is 13.5. The number of aryl methyl sites for hydroxylation is 1. The van der Waals surface area contributed by atoms with E-state index in [4.69, 9.17) is 5.73 Å². The monoisotopic (exact) mass is 439 g/mol. The summed E-state index contributed by atoms with van der Waals surface area (Å²) < 4.78 is 0. The van der Waals surface area contributed by atoms with Gasteiger partial charge >= 0.3 is 0 Å². The zero-order valence-corrected chi connectivity index (χ0v) is 20.1. The molecular weight excluding hydrogens is 394 g/mol. The van der Waals surface area contributed by atoms with E-state index in [1.807, 2.05) is 0 Å². The minimum absolute atomic E-state index is 0. The topological polar surface area (TPSA) is 26.0 Å². The molecule has 0 aliphatic carbocycles. The average molecular weight is 441 g/mol. The molecule has 0 unspecified atom stereocenters. The van der Waals surface area contributed by atoms with Crippen molar-refractivity contribution < 1.29 is 0 Å². The molecule has 0 aromatic heterocycles. The number of hydrogen-bond donors (Lipinski definition) is 1. The average Bonchev–Trinajstić information content (AvgIpc) is 2.61. The van der Waals surface area contributed by atoms with Crippen molar-refractivity contribution in [1.29, 1.82) is 0 Å². The first-order chi connectivity index (χ1) is 12.6. The number of hydrogen-bond acceptors (Lipinski definition) is 1. The van der Waals surface area contributed by atoms with E-state index in [0.717, 1.165) is 0 Å². The normalized spacial score (nSPS) is 11.4. The van der Waals surface area contributed by atoms with Gasteiger partial charge in [-0.25, -0.2) is 0 Å². The molecule has 0 aliphatic heterocycles. The summed E-state index contributed by atoms with van der Waals surface area (Å²) in [5.74, 6) is 0. The standard InChI is InChI=1S/C25H45N.BrH/c1-4-5-6-7-8-9-10-11-12-13-14-15-16-17-20-23-21-18-19-22-24(23)25(2,3)26;/h18-19,21-22H,4-17,20,26H2,1-3H3;1H. The highest BCUT2D eigenvalue weighted by atomic mass is 79.9. The molecule has 0 amide bonds. The molecule has 2 heteroatoms. The second-order valence-electron chi connectivity index (χ2n) is 8.73. The van der Waals surface area contributed by atoms with Crippen molar-refractivity contribution in [3.8, 4) is 0 Å². The quantitative estimate of drug-likeness (QED) is 0.256. The summed E-state index contributed by atoms with van der Waals surface area (Å²) in [6.45, 7) is 6.51. The second-order valence-corrected chi connectivity index (χ2v) is 8.73. The van der Waals surface area contributed by atoms with Crippen molar-refractivity contribution in [2.75, 3.05) is 0 Å². The Labute approximate surface area is 180 Å². The third-order valence-corrected chi connectivity index (χ3v) is 5.51. The van der Waals surface area contributed by atoms with Gasteiger partial charge in [0.2, 0.25) is 0 Å². The fourth-order valence-corrected chi connectivity index (χ4v) is 3.88. The molecule has 158 valence electrons. The minimum Gasteiger partial charge on any atom is -0.322 e. The molecule has 1 aromatic carbocycles. The zero-order valence-electron chi connectivity index (χ0n) is 18.4. The molecule has 2 N–H and O–H groups in total. The highest BCUT2D eigenvalue weighted by Crippen LogP contribution is 2.23. The summed E-state index contributed by atoms with van der Waals surface area (Å²) in [5, 5.41) is 0. The highest BCUT2D eigenvalue weighted by Gasteiger charge is 2.17. The highest BCUT2D eigenvalue weighted by molar-refractivity contribution is 8.93. The van der Waals surface area contributed by atoms with Crippen LogP contribution in [0.4, 0.5) is 0 Å². The van der Waals surface area contributed by atoms with E-state index in [0.29, 0.717) is 0 Å². The van der Waals surface area contributed by atoms with Gasteiger partial charge in [-0.15, -0.1) is 17.0 Å². The molecule has 1 rings (SSSR count). The predicted octanol–water partition coefficient (Wildman–Crippen LogP) is 8.48. The first kappa shape index (κ1) is 26.7. The second kappa shape index (κ2) is 16.6. The smallest absolute Gasteiger partial charge is 0.0355 e. The molecule has 27 heavy (non-hydrogen) atoms. The maximum atomic E-state index is 6.31. The Balaban J connectivity index is 0.00000676. The van der Waals surface area contributed by atoms with E-state index in [9.17, 15) is 0 Å². The van der Waals surface area contributed by atoms with Gasteiger partial charge in [0.25, 0.3) is 0 Å². The zero-order chi connectivity index (χ0) is 19.1. The van der Waals surface area contributed by atoms with E-state index in [1.165, 1.54) is 107 Å². The Morgan fingerprint density at radius 2 is 1.07 bits per heavy atom. The van der Waals surface area contributed by atoms with Crippen LogP contribution in [0, 0.1) is 0 Å². The first-order valence-corrected chi connectivity index (χ1v) is 11.4. The molecule has 0 saturated heterocycles. The Morgan fingerprint density at radius 3 is 1.52 bits per heavy atom. The van der Waals surface area contributed by atoms with Gasteiger partial charge in [0.15, 0.2) is 0 Å². The molecule has 1 nitrogen and oxygen atoms in total. The summed E-state index contributed by atoms with van der Waals surface area (Å²) in [4.78, 5) is 0. The van der Waals surface area contributed by atoms with Crippen LogP contribution in [0.5, 0.6) is 0 Å². The number of unbranched alkanes of at least 4 members (excludes halogenated alkanes) is 13. The Bertz CT molecular complexity index is 450. The van der Waals surface area contributed by atoms with Crippen molar-refractivity contribution in [2.24, 2.45) is 5.73 Å². The van der Waals surface area contributed by atoms with Crippen LogP contribution in [0.25, 0.3) is 0 Å². The van der Waals surface area contributed by atoms with Crippen LogP contribution in [0.1, 0.15) is 122 Å². The van der Waals surface area contributed by atoms with Gasteiger partial charge in [0.1, 0.15) is 0 Å².